The number of nitro benzene ring substituents is 1. The van der Waals surface area contributed by atoms with E-state index < -0.39 is 47.9 Å². The van der Waals surface area contributed by atoms with E-state index in [-0.39, 0.29) is 20.1 Å². The van der Waals surface area contributed by atoms with Crippen LogP contribution in [-0.4, -0.2) is 28.0 Å². The third kappa shape index (κ3) is 5.88. The second-order valence-corrected chi connectivity index (χ2v) is 10.7. The van der Waals surface area contributed by atoms with Gasteiger partial charge in [0.05, 0.1) is 0 Å². The first-order valence-electron chi connectivity index (χ1n) is 7.60. The maximum atomic E-state index is 12.7. The van der Waals surface area contributed by atoms with Gasteiger partial charge in [-0.3, -0.25) is 0 Å². The molecule has 0 saturated heterocycles. The number of phenols is 1. The van der Waals surface area contributed by atoms with Crippen LogP contribution in [0.1, 0.15) is 15.9 Å². The van der Waals surface area contributed by atoms with Crippen LogP contribution in [0.3, 0.4) is 0 Å². The molecule has 2 aromatic rings. The number of carbonyl (C=O) groups is 2. The Balaban J connectivity index is 2.33. The van der Waals surface area contributed by atoms with Gasteiger partial charge in [0.1, 0.15) is 0 Å². The molecule has 0 amide bonds. The standard InChI is InChI=1S/C15H10NO4.C2HF3O2.Hg/c17-14-8-1-11(2-9-14)3-10-15(18)12-4-6-13(7-5-12)16(19)20;3-2(4,5)1(6)7;/h1-9,17H;(H,6,7);/q;;+1/p-1. The Labute approximate surface area is 168 Å². The number of aromatic hydroxyl groups is 1. The number of hydrogen-bond donors (Lipinski definition) is 1. The molecule has 2 aromatic carbocycles. The Kier molecular flexibility index (Phi) is 6.89. The number of carbonyl (C=O) groups excluding carboxylic acids is 2. The summed E-state index contributed by atoms with van der Waals surface area (Å²) in [5.41, 5.74) is 0.165. The molecule has 11 heteroatoms. The molecule has 0 bridgehead atoms. The molecule has 1 N–H and O–H groups in total. The zero-order chi connectivity index (χ0) is 20.9. The zero-order valence-corrected chi connectivity index (χ0v) is 19.5. The van der Waals surface area contributed by atoms with Gasteiger partial charge >= 0.3 is 169 Å². The van der Waals surface area contributed by atoms with Gasteiger partial charge in [-0.1, -0.05) is 0 Å². The van der Waals surface area contributed by atoms with Crippen LogP contribution in [-0.2, 0) is 32.5 Å². The van der Waals surface area contributed by atoms with E-state index in [9.17, 15) is 38.0 Å². The van der Waals surface area contributed by atoms with E-state index >= 15 is 0 Å². The van der Waals surface area contributed by atoms with Crippen LogP contribution in [0.25, 0.3) is 6.08 Å². The van der Waals surface area contributed by atoms with Gasteiger partial charge in [0, 0.05) is 0 Å². The number of nitrogens with zero attached hydrogens (tertiary/aromatic N) is 1. The first-order valence-corrected chi connectivity index (χ1v) is 12.6. The predicted octanol–water partition coefficient (Wildman–Crippen LogP) is 3.63. The summed E-state index contributed by atoms with van der Waals surface area (Å²) >= 11 is -3.30. The summed E-state index contributed by atoms with van der Waals surface area (Å²) < 4.78 is 41.4. The first kappa shape index (κ1) is 21.5. The Morgan fingerprint density at radius 2 is 1.64 bits per heavy atom. The van der Waals surface area contributed by atoms with Crippen LogP contribution in [0.15, 0.2) is 51.6 Å². The number of allylic oxidation sites excluding steroid dienone is 1. The second kappa shape index (κ2) is 8.96. The van der Waals surface area contributed by atoms with Gasteiger partial charge in [0.2, 0.25) is 0 Å². The van der Waals surface area contributed by atoms with E-state index in [1.54, 1.807) is 0 Å². The van der Waals surface area contributed by atoms with E-state index in [2.05, 4.69) is 2.64 Å². The fourth-order valence-electron chi connectivity index (χ4n) is 2.09. The van der Waals surface area contributed by atoms with Crippen molar-refractivity contribution < 1.29 is 60.5 Å². The van der Waals surface area contributed by atoms with Gasteiger partial charge in [-0.15, -0.1) is 0 Å². The molecule has 0 aliphatic heterocycles. The van der Waals surface area contributed by atoms with Gasteiger partial charge in [-0.05, 0) is 0 Å². The molecular formula is C17H10F3HgNO6. The van der Waals surface area contributed by atoms with Crippen molar-refractivity contribution in [2.45, 2.75) is 6.18 Å². The van der Waals surface area contributed by atoms with Crippen molar-refractivity contribution in [1.29, 1.82) is 0 Å². The number of benzene rings is 2. The third-order valence-electron chi connectivity index (χ3n) is 3.46. The molecule has 0 aliphatic rings. The van der Waals surface area contributed by atoms with Crippen LogP contribution in [0.5, 0.6) is 5.75 Å². The number of Topliss-reactive ketones (excluding diaryl/α,β-unsaturated/α-hetero) is 1. The third-order valence-corrected chi connectivity index (χ3v) is 8.29. The van der Waals surface area contributed by atoms with E-state index in [0.717, 1.165) is 12.1 Å². The Morgan fingerprint density at radius 1 is 1.07 bits per heavy atom. The van der Waals surface area contributed by atoms with Gasteiger partial charge in [0.25, 0.3) is 0 Å². The number of phenolic OH excluding ortho intramolecular Hbond substituents is 1. The van der Waals surface area contributed by atoms with Gasteiger partial charge in [-0.2, -0.15) is 0 Å². The van der Waals surface area contributed by atoms with E-state index in [0.29, 0.717) is 5.56 Å². The first-order chi connectivity index (χ1) is 13.1. The quantitative estimate of drug-likeness (QED) is 0.184. The number of ketones is 1. The average Bonchev–Trinajstić information content (AvgIpc) is 2.65. The van der Waals surface area contributed by atoms with Crippen molar-refractivity contribution >= 4 is 23.5 Å². The zero-order valence-electron chi connectivity index (χ0n) is 14.0. The molecular weight excluding hydrogens is 572 g/mol. The van der Waals surface area contributed by atoms with Crippen molar-refractivity contribution in [2.75, 3.05) is 0 Å². The van der Waals surface area contributed by atoms with E-state index in [4.69, 9.17) is 0 Å². The van der Waals surface area contributed by atoms with Crippen molar-refractivity contribution in [3.8, 4) is 5.75 Å². The molecule has 0 radical (unpaired) electrons. The number of non-ortho nitro benzene ring substituents is 1. The van der Waals surface area contributed by atoms with Crippen molar-refractivity contribution in [3.05, 3.63) is 72.9 Å². The van der Waals surface area contributed by atoms with E-state index in [1.165, 1.54) is 42.5 Å². The van der Waals surface area contributed by atoms with Crippen molar-refractivity contribution in [2.24, 2.45) is 0 Å². The minimum atomic E-state index is -5.17. The monoisotopic (exact) mass is 583 g/mol. The molecule has 0 unspecified atom stereocenters. The molecule has 0 saturated carbocycles. The summed E-state index contributed by atoms with van der Waals surface area (Å²) in [5, 5.41) is 20.0. The minimum absolute atomic E-state index is 0.0127. The fraction of sp³-hybridized carbons (Fsp3) is 0.0588. The molecule has 0 aromatic heterocycles. The number of alkyl halides is 3. The number of halogens is 3. The van der Waals surface area contributed by atoms with Crippen LogP contribution in [0.2, 0.25) is 0 Å². The number of hydrogen-bond acceptors (Lipinski definition) is 6. The normalized spacial score (nSPS) is 11.5. The molecule has 7 nitrogen and oxygen atoms in total. The maximum absolute atomic E-state index is 12.7. The Hall–Kier alpha value is -2.75. The summed E-state index contributed by atoms with van der Waals surface area (Å²) in [5.74, 6) is -3.09. The van der Waals surface area contributed by atoms with Gasteiger partial charge < -0.3 is 0 Å². The van der Waals surface area contributed by atoms with Gasteiger partial charge in [-0.25, -0.2) is 0 Å². The molecule has 0 aliphatic carbocycles. The van der Waals surface area contributed by atoms with Crippen LogP contribution < -0.4 is 0 Å². The number of nitro groups is 1. The molecule has 0 heterocycles. The predicted molar refractivity (Wildman–Crippen MR) is 85.7 cm³/mol. The molecule has 2 rings (SSSR count). The van der Waals surface area contributed by atoms with Gasteiger partial charge in [0.15, 0.2) is 0 Å². The van der Waals surface area contributed by atoms with Crippen LogP contribution in [0.4, 0.5) is 18.9 Å². The average molecular weight is 582 g/mol. The SMILES string of the molecule is O=C(/[C](=C/c1ccc(O)cc1)[Hg][O]C(=O)C(F)(F)F)c1ccc([N+](=O)[O-])cc1. The topological polar surface area (TPSA) is 107 Å². The van der Waals surface area contributed by atoms with Crippen LogP contribution >= 0.6 is 0 Å². The molecule has 0 spiro atoms. The van der Waals surface area contributed by atoms with E-state index in [1.807, 2.05) is 0 Å². The summed E-state index contributed by atoms with van der Waals surface area (Å²) in [6.07, 6.45) is -3.88. The summed E-state index contributed by atoms with van der Waals surface area (Å²) in [7, 11) is 0. The molecule has 0 atom stereocenters. The van der Waals surface area contributed by atoms with Crippen molar-refractivity contribution in [3.63, 3.8) is 0 Å². The summed E-state index contributed by atoms with van der Waals surface area (Å²) in [6, 6.07) is 10.0. The summed E-state index contributed by atoms with van der Waals surface area (Å²) in [6.45, 7) is 0. The number of rotatable bonds is 6. The fourth-order valence-corrected chi connectivity index (χ4v) is 6.38. The van der Waals surface area contributed by atoms with Crippen LogP contribution in [0, 0.1) is 10.1 Å². The summed E-state index contributed by atoms with van der Waals surface area (Å²) in [4.78, 5) is 33.7. The van der Waals surface area contributed by atoms with Crippen molar-refractivity contribution in [1.82, 2.24) is 0 Å². The Morgan fingerprint density at radius 3 is 2.14 bits per heavy atom. The molecule has 142 valence electrons. The Bertz CT molecular complexity index is 923. The second-order valence-electron chi connectivity index (χ2n) is 5.47. The molecule has 0 fully saturated rings. The molecule has 28 heavy (non-hydrogen) atoms.